The Morgan fingerprint density at radius 3 is 1.77 bits per heavy atom. The Labute approximate surface area is 133 Å². The fraction of sp³-hybridized carbons (Fsp3) is 0.875. The second kappa shape index (κ2) is 10.6. The smallest absolute Gasteiger partial charge is 0.323 e. The first-order chi connectivity index (χ1) is 10.4. The summed E-state index contributed by atoms with van der Waals surface area (Å²) in [6.07, 6.45) is 8.72. The molecule has 0 heterocycles. The maximum atomic E-state index is 10.5. The maximum absolute atomic E-state index is 10.5. The van der Waals surface area contributed by atoms with Crippen LogP contribution in [-0.4, -0.2) is 33.7 Å². The molecule has 6 heteroatoms. The molecule has 6 N–H and O–H groups in total. The summed E-state index contributed by atoms with van der Waals surface area (Å²) in [6.45, 7) is 4.00. The minimum atomic E-state index is -0.889. The molecule has 2 rings (SSSR count). The second-order valence-electron chi connectivity index (χ2n) is 5.93. The molecule has 2 aliphatic rings. The van der Waals surface area contributed by atoms with Crippen molar-refractivity contribution in [2.75, 3.05) is 0 Å². The van der Waals surface area contributed by atoms with E-state index in [1.54, 1.807) is 0 Å². The lowest BCUT2D eigenvalue weighted by molar-refractivity contribution is -0.143. The first-order valence-corrected chi connectivity index (χ1v) is 8.37. The van der Waals surface area contributed by atoms with Crippen molar-refractivity contribution in [2.45, 2.75) is 83.2 Å². The minimum absolute atomic E-state index is 0.223. The van der Waals surface area contributed by atoms with Gasteiger partial charge in [0.05, 0.1) is 0 Å². The lowest BCUT2D eigenvalue weighted by Crippen LogP contribution is -2.44. The first kappa shape index (κ1) is 20.9. The number of carboxylic acids is 2. The van der Waals surface area contributed by atoms with Crippen molar-refractivity contribution in [2.24, 2.45) is 17.4 Å². The van der Waals surface area contributed by atoms with Gasteiger partial charge in [-0.25, -0.2) is 0 Å². The van der Waals surface area contributed by atoms with Crippen molar-refractivity contribution >= 4 is 11.9 Å². The van der Waals surface area contributed by atoms with Gasteiger partial charge in [-0.05, 0) is 31.6 Å². The largest absolute Gasteiger partial charge is 0.480 e. The van der Waals surface area contributed by atoms with Gasteiger partial charge in [0, 0.05) is 0 Å². The molecule has 1 unspecified atom stereocenters. The standard InChI is InChI=1S/C8H15NO2.C6H11NO2.C2H6/c9-7(8(10)11)6-4-2-1-3-5-6;7-6(5(8)9)3-1-2-4-6;1-2/h6-7H,1-5,9H2,(H,10,11);1-4,7H2,(H,8,9);1-2H3. The summed E-state index contributed by atoms with van der Waals surface area (Å²) >= 11 is 0. The highest BCUT2D eigenvalue weighted by molar-refractivity contribution is 5.78. The lowest BCUT2D eigenvalue weighted by atomic mass is 9.84. The lowest BCUT2D eigenvalue weighted by Gasteiger charge is -2.24. The van der Waals surface area contributed by atoms with Gasteiger partial charge < -0.3 is 21.7 Å². The average Bonchev–Trinajstić information content (AvgIpc) is 2.98. The molecule has 0 aromatic carbocycles. The van der Waals surface area contributed by atoms with Gasteiger partial charge in [-0.1, -0.05) is 46.0 Å². The summed E-state index contributed by atoms with van der Waals surface area (Å²) < 4.78 is 0. The second-order valence-corrected chi connectivity index (χ2v) is 5.93. The molecule has 0 aliphatic heterocycles. The quantitative estimate of drug-likeness (QED) is 0.633. The van der Waals surface area contributed by atoms with E-state index in [-0.39, 0.29) is 5.92 Å². The van der Waals surface area contributed by atoms with E-state index in [4.69, 9.17) is 21.7 Å². The molecule has 0 saturated heterocycles. The number of rotatable bonds is 3. The normalized spacial score (nSPS) is 21.6. The van der Waals surface area contributed by atoms with E-state index >= 15 is 0 Å². The maximum Gasteiger partial charge on any atom is 0.323 e. The zero-order valence-electron chi connectivity index (χ0n) is 13.9. The topological polar surface area (TPSA) is 127 Å². The van der Waals surface area contributed by atoms with Gasteiger partial charge >= 0.3 is 11.9 Å². The van der Waals surface area contributed by atoms with Gasteiger partial charge in [-0.2, -0.15) is 0 Å². The molecule has 0 aromatic heterocycles. The molecule has 2 aliphatic carbocycles. The number of carboxylic acid groups (broad SMARTS) is 2. The summed E-state index contributed by atoms with van der Waals surface area (Å²) in [5, 5.41) is 17.2. The Hall–Kier alpha value is -1.14. The van der Waals surface area contributed by atoms with Crippen LogP contribution in [0.5, 0.6) is 0 Å². The van der Waals surface area contributed by atoms with Crippen LogP contribution in [0, 0.1) is 5.92 Å². The average molecular weight is 316 g/mol. The summed E-state index contributed by atoms with van der Waals surface area (Å²) in [7, 11) is 0. The Balaban J connectivity index is 0.000000366. The number of aliphatic carboxylic acids is 2. The molecular weight excluding hydrogens is 284 g/mol. The predicted molar refractivity (Wildman–Crippen MR) is 86.6 cm³/mol. The number of nitrogens with two attached hydrogens (primary N) is 2. The van der Waals surface area contributed by atoms with E-state index < -0.39 is 23.5 Å². The molecular formula is C16H32N2O4. The van der Waals surface area contributed by atoms with Crippen LogP contribution in [0.4, 0.5) is 0 Å². The molecule has 0 spiro atoms. The van der Waals surface area contributed by atoms with E-state index in [0.29, 0.717) is 12.8 Å². The van der Waals surface area contributed by atoms with Crippen LogP contribution in [-0.2, 0) is 9.59 Å². The van der Waals surface area contributed by atoms with Gasteiger partial charge in [0.15, 0.2) is 0 Å². The Morgan fingerprint density at radius 2 is 1.45 bits per heavy atom. The zero-order chi connectivity index (χ0) is 17.2. The van der Waals surface area contributed by atoms with Gasteiger partial charge in [-0.15, -0.1) is 0 Å². The van der Waals surface area contributed by atoms with Gasteiger partial charge in [0.25, 0.3) is 0 Å². The minimum Gasteiger partial charge on any atom is -0.480 e. The van der Waals surface area contributed by atoms with Crippen molar-refractivity contribution < 1.29 is 19.8 Å². The summed E-state index contributed by atoms with van der Waals surface area (Å²) in [4.78, 5) is 20.9. The third-order valence-electron chi connectivity index (χ3n) is 4.36. The van der Waals surface area contributed by atoms with Gasteiger partial charge in [0.1, 0.15) is 11.6 Å². The van der Waals surface area contributed by atoms with Crippen LogP contribution in [0.25, 0.3) is 0 Å². The van der Waals surface area contributed by atoms with Crippen molar-refractivity contribution in [3.05, 3.63) is 0 Å². The summed E-state index contributed by atoms with van der Waals surface area (Å²) in [5.74, 6) is -1.47. The highest BCUT2D eigenvalue weighted by Gasteiger charge is 2.36. The van der Waals surface area contributed by atoms with E-state index in [1.807, 2.05) is 13.8 Å². The molecule has 0 bridgehead atoms. The number of hydrogen-bond donors (Lipinski definition) is 4. The van der Waals surface area contributed by atoms with Crippen molar-refractivity contribution in [1.82, 2.24) is 0 Å². The van der Waals surface area contributed by atoms with E-state index in [2.05, 4.69) is 0 Å². The molecule has 22 heavy (non-hydrogen) atoms. The van der Waals surface area contributed by atoms with Crippen LogP contribution < -0.4 is 11.5 Å². The van der Waals surface area contributed by atoms with Crippen LogP contribution in [0.2, 0.25) is 0 Å². The zero-order valence-corrected chi connectivity index (χ0v) is 13.9. The third-order valence-corrected chi connectivity index (χ3v) is 4.36. The Kier molecular flexibility index (Phi) is 10.0. The fourth-order valence-electron chi connectivity index (χ4n) is 2.91. The highest BCUT2D eigenvalue weighted by atomic mass is 16.4. The fourth-order valence-corrected chi connectivity index (χ4v) is 2.91. The SMILES string of the molecule is CC.NC(C(=O)O)C1CCCCC1.NC1(C(=O)O)CCCC1. The molecule has 2 saturated carbocycles. The monoisotopic (exact) mass is 316 g/mol. The molecule has 0 aromatic rings. The van der Waals surface area contributed by atoms with E-state index in [9.17, 15) is 9.59 Å². The molecule has 1 atom stereocenters. The third kappa shape index (κ3) is 6.75. The van der Waals surface area contributed by atoms with E-state index in [0.717, 1.165) is 38.5 Å². The Bertz CT molecular complexity index is 335. The van der Waals surface area contributed by atoms with Crippen LogP contribution in [0.15, 0.2) is 0 Å². The van der Waals surface area contributed by atoms with Crippen molar-refractivity contribution in [1.29, 1.82) is 0 Å². The van der Waals surface area contributed by atoms with Crippen LogP contribution >= 0.6 is 0 Å². The summed E-state index contributed by atoms with van der Waals surface area (Å²) in [6, 6.07) is -0.629. The first-order valence-electron chi connectivity index (χ1n) is 8.37. The highest BCUT2D eigenvalue weighted by Crippen LogP contribution is 2.27. The molecule has 6 nitrogen and oxygen atoms in total. The molecule has 130 valence electrons. The Morgan fingerprint density at radius 1 is 1.00 bits per heavy atom. The van der Waals surface area contributed by atoms with Crippen molar-refractivity contribution in [3.63, 3.8) is 0 Å². The molecule has 0 radical (unpaired) electrons. The molecule has 0 amide bonds. The number of carbonyl (C=O) groups is 2. The molecule has 2 fully saturated rings. The van der Waals surface area contributed by atoms with Crippen LogP contribution in [0.1, 0.15) is 71.6 Å². The number of hydrogen-bond acceptors (Lipinski definition) is 4. The predicted octanol–water partition coefficient (Wildman–Crippen LogP) is 2.35. The van der Waals surface area contributed by atoms with Crippen LogP contribution in [0.3, 0.4) is 0 Å². The van der Waals surface area contributed by atoms with E-state index in [1.165, 1.54) is 6.42 Å². The van der Waals surface area contributed by atoms with Crippen molar-refractivity contribution in [3.8, 4) is 0 Å². The van der Waals surface area contributed by atoms with Gasteiger partial charge in [0.2, 0.25) is 0 Å². The van der Waals surface area contributed by atoms with Gasteiger partial charge in [-0.3, -0.25) is 9.59 Å². The summed E-state index contributed by atoms with van der Waals surface area (Å²) in [5.41, 5.74) is 10.1.